The summed E-state index contributed by atoms with van der Waals surface area (Å²) in [4.78, 5) is 25.6. The van der Waals surface area contributed by atoms with Crippen LogP contribution in [0.3, 0.4) is 0 Å². The van der Waals surface area contributed by atoms with Gasteiger partial charge < -0.3 is 15.0 Å². The Labute approximate surface area is 142 Å². The molecule has 2 aromatic carbocycles. The monoisotopic (exact) mass is 326 g/mol. The molecule has 126 valence electrons. The van der Waals surface area contributed by atoms with E-state index in [0.29, 0.717) is 12.2 Å². The first kappa shape index (κ1) is 17.5. The van der Waals surface area contributed by atoms with Gasteiger partial charge in [0, 0.05) is 31.3 Å². The molecule has 0 bridgehead atoms. The van der Waals surface area contributed by atoms with Gasteiger partial charge in [0.15, 0.2) is 0 Å². The summed E-state index contributed by atoms with van der Waals surface area (Å²) in [6.45, 7) is 3.83. The van der Waals surface area contributed by atoms with Gasteiger partial charge in [0.25, 0.3) is 0 Å². The number of anilines is 2. The van der Waals surface area contributed by atoms with Crippen molar-refractivity contribution in [2.24, 2.45) is 0 Å². The number of carbonyl (C=O) groups excluding carboxylic acids is 2. The normalized spacial score (nSPS) is 10.1. The van der Waals surface area contributed by atoms with Crippen molar-refractivity contribution in [2.45, 2.75) is 20.3 Å². The number of rotatable bonds is 6. The molecule has 0 fully saturated rings. The number of nitrogens with one attached hydrogen (secondary N) is 1. The van der Waals surface area contributed by atoms with Crippen LogP contribution in [-0.4, -0.2) is 25.5 Å². The van der Waals surface area contributed by atoms with Gasteiger partial charge in [-0.1, -0.05) is 17.7 Å². The molecule has 2 amide bonds. The highest BCUT2D eigenvalue weighted by molar-refractivity contribution is 5.94. The highest BCUT2D eigenvalue weighted by Crippen LogP contribution is 2.17. The van der Waals surface area contributed by atoms with Crippen molar-refractivity contribution in [2.75, 3.05) is 23.9 Å². The molecule has 2 rings (SSSR count). The summed E-state index contributed by atoms with van der Waals surface area (Å²) in [6.07, 6.45) is 0.222. The lowest BCUT2D eigenvalue weighted by Crippen LogP contribution is -2.31. The van der Waals surface area contributed by atoms with Gasteiger partial charge >= 0.3 is 0 Å². The molecule has 2 aromatic rings. The molecule has 0 aliphatic heterocycles. The van der Waals surface area contributed by atoms with Crippen molar-refractivity contribution in [1.82, 2.24) is 0 Å². The van der Waals surface area contributed by atoms with E-state index in [1.54, 1.807) is 36.3 Å². The van der Waals surface area contributed by atoms with Crippen LogP contribution in [0.5, 0.6) is 5.75 Å². The zero-order valence-corrected chi connectivity index (χ0v) is 14.2. The standard InChI is InChI=1S/C19H22N2O3/c1-14-4-8-17(9-5-14)21(15(2)22)13-12-19(23)20-16-6-10-18(24-3)11-7-16/h4-11H,12-13H2,1-3H3,(H,20,23). The van der Waals surface area contributed by atoms with Crippen molar-refractivity contribution < 1.29 is 14.3 Å². The Morgan fingerprint density at radius 2 is 1.67 bits per heavy atom. The molecule has 0 radical (unpaired) electrons. The Balaban J connectivity index is 1.94. The Morgan fingerprint density at radius 1 is 1.04 bits per heavy atom. The summed E-state index contributed by atoms with van der Waals surface area (Å²) in [5.74, 6) is 0.504. The fraction of sp³-hybridized carbons (Fsp3) is 0.263. The van der Waals surface area contributed by atoms with Gasteiger partial charge in [0.2, 0.25) is 11.8 Å². The number of carbonyl (C=O) groups is 2. The first-order chi connectivity index (χ1) is 11.5. The topological polar surface area (TPSA) is 58.6 Å². The van der Waals surface area contributed by atoms with Gasteiger partial charge in [-0.15, -0.1) is 0 Å². The van der Waals surface area contributed by atoms with Crippen LogP contribution in [0, 0.1) is 6.92 Å². The SMILES string of the molecule is COc1ccc(NC(=O)CCN(C(C)=O)c2ccc(C)cc2)cc1. The highest BCUT2D eigenvalue weighted by atomic mass is 16.5. The highest BCUT2D eigenvalue weighted by Gasteiger charge is 2.13. The molecule has 0 atom stereocenters. The van der Waals surface area contributed by atoms with E-state index in [-0.39, 0.29) is 18.2 Å². The number of hydrogen-bond acceptors (Lipinski definition) is 3. The van der Waals surface area contributed by atoms with E-state index in [1.807, 2.05) is 31.2 Å². The third-order valence-corrected chi connectivity index (χ3v) is 3.66. The number of aryl methyl sites for hydroxylation is 1. The van der Waals surface area contributed by atoms with Crippen LogP contribution < -0.4 is 15.0 Å². The fourth-order valence-corrected chi connectivity index (χ4v) is 2.30. The molecule has 0 spiro atoms. The van der Waals surface area contributed by atoms with Gasteiger partial charge in [-0.25, -0.2) is 0 Å². The molecule has 5 heteroatoms. The maximum atomic E-state index is 12.1. The summed E-state index contributed by atoms with van der Waals surface area (Å²) in [6, 6.07) is 14.8. The zero-order chi connectivity index (χ0) is 17.5. The Morgan fingerprint density at radius 3 is 2.21 bits per heavy atom. The number of amides is 2. The van der Waals surface area contributed by atoms with Crippen molar-refractivity contribution in [3.05, 3.63) is 54.1 Å². The minimum Gasteiger partial charge on any atom is -0.497 e. The first-order valence-corrected chi connectivity index (χ1v) is 7.78. The van der Waals surface area contributed by atoms with Gasteiger partial charge in [-0.3, -0.25) is 9.59 Å². The van der Waals surface area contributed by atoms with Gasteiger partial charge in [-0.05, 0) is 43.3 Å². The Hall–Kier alpha value is -2.82. The van der Waals surface area contributed by atoms with Crippen molar-refractivity contribution in [3.8, 4) is 5.75 Å². The second kappa shape index (κ2) is 8.15. The molecule has 0 unspecified atom stereocenters. The summed E-state index contributed by atoms with van der Waals surface area (Å²) < 4.78 is 5.08. The minimum absolute atomic E-state index is 0.0869. The van der Waals surface area contributed by atoms with E-state index in [9.17, 15) is 9.59 Å². The molecule has 5 nitrogen and oxygen atoms in total. The van der Waals surface area contributed by atoms with E-state index >= 15 is 0 Å². The second-order valence-electron chi connectivity index (χ2n) is 5.53. The largest absolute Gasteiger partial charge is 0.497 e. The lowest BCUT2D eigenvalue weighted by molar-refractivity contribution is -0.117. The van der Waals surface area contributed by atoms with Crippen molar-refractivity contribution in [3.63, 3.8) is 0 Å². The van der Waals surface area contributed by atoms with Crippen LogP contribution in [0.2, 0.25) is 0 Å². The maximum absolute atomic E-state index is 12.1. The van der Waals surface area contributed by atoms with Crippen LogP contribution in [0.25, 0.3) is 0 Å². The third-order valence-electron chi connectivity index (χ3n) is 3.66. The quantitative estimate of drug-likeness (QED) is 0.885. The second-order valence-corrected chi connectivity index (χ2v) is 5.53. The molecule has 0 heterocycles. The lowest BCUT2D eigenvalue weighted by Gasteiger charge is -2.21. The zero-order valence-electron chi connectivity index (χ0n) is 14.2. The Bertz CT molecular complexity index is 694. The van der Waals surface area contributed by atoms with Crippen molar-refractivity contribution >= 4 is 23.2 Å². The molecular formula is C19H22N2O3. The predicted molar refractivity (Wildman–Crippen MR) is 95.4 cm³/mol. The van der Waals surface area contributed by atoms with Gasteiger partial charge in [-0.2, -0.15) is 0 Å². The average molecular weight is 326 g/mol. The number of ether oxygens (including phenoxy) is 1. The maximum Gasteiger partial charge on any atom is 0.226 e. The van der Waals surface area contributed by atoms with Crippen LogP contribution in [-0.2, 0) is 9.59 Å². The minimum atomic E-state index is -0.140. The van der Waals surface area contributed by atoms with Crippen LogP contribution in [0.4, 0.5) is 11.4 Å². The Kier molecular flexibility index (Phi) is 5.95. The summed E-state index contributed by atoms with van der Waals surface area (Å²) in [5, 5.41) is 2.82. The van der Waals surface area contributed by atoms with E-state index in [0.717, 1.165) is 17.0 Å². The van der Waals surface area contributed by atoms with Crippen molar-refractivity contribution in [1.29, 1.82) is 0 Å². The number of hydrogen-bond donors (Lipinski definition) is 1. The van der Waals surface area contributed by atoms with E-state index < -0.39 is 0 Å². The third kappa shape index (κ3) is 4.84. The fourth-order valence-electron chi connectivity index (χ4n) is 2.30. The van der Waals surface area contributed by atoms with E-state index in [4.69, 9.17) is 4.74 Å². The van der Waals surface area contributed by atoms with Crippen LogP contribution >= 0.6 is 0 Å². The van der Waals surface area contributed by atoms with E-state index in [1.165, 1.54) is 6.92 Å². The molecule has 24 heavy (non-hydrogen) atoms. The summed E-state index contributed by atoms with van der Waals surface area (Å²) in [5.41, 5.74) is 2.62. The average Bonchev–Trinajstić information content (AvgIpc) is 2.57. The van der Waals surface area contributed by atoms with Crippen LogP contribution in [0.1, 0.15) is 18.9 Å². The molecule has 0 aliphatic carbocycles. The molecule has 0 saturated carbocycles. The molecule has 0 aromatic heterocycles. The number of methoxy groups -OCH3 is 1. The summed E-state index contributed by atoms with van der Waals surface area (Å²) in [7, 11) is 1.59. The number of nitrogens with zero attached hydrogens (tertiary/aromatic N) is 1. The molecule has 1 N–H and O–H groups in total. The predicted octanol–water partition coefficient (Wildman–Crippen LogP) is 3.39. The van der Waals surface area contributed by atoms with Gasteiger partial charge in [0.1, 0.15) is 5.75 Å². The van der Waals surface area contributed by atoms with E-state index in [2.05, 4.69) is 5.32 Å². The number of benzene rings is 2. The first-order valence-electron chi connectivity index (χ1n) is 7.78. The lowest BCUT2D eigenvalue weighted by atomic mass is 10.2. The van der Waals surface area contributed by atoms with Crippen LogP contribution in [0.15, 0.2) is 48.5 Å². The molecular weight excluding hydrogens is 304 g/mol. The molecule has 0 saturated heterocycles. The summed E-state index contributed by atoms with van der Waals surface area (Å²) >= 11 is 0. The van der Waals surface area contributed by atoms with Gasteiger partial charge in [0.05, 0.1) is 7.11 Å². The smallest absolute Gasteiger partial charge is 0.226 e. The molecule has 0 aliphatic rings.